The monoisotopic (exact) mass is 283 g/mol. The molecule has 1 N–H and O–H groups in total. The van der Waals surface area contributed by atoms with Gasteiger partial charge in [0.1, 0.15) is 5.65 Å². The van der Waals surface area contributed by atoms with Crippen molar-refractivity contribution in [2.75, 3.05) is 6.54 Å². The lowest BCUT2D eigenvalue weighted by molar-refractivity contribution is 0.298. The second-order valence-corrected chi connectivity index (χ2v) is 6.90. The zero-order valence-electron chi connectivity index (χ0n) is 12.9. The third-order valence-electron chi connectivity index (χ3n) is 5.60. The zero-order chi connectivity index (χ0) is 14.2. The summed E-state index contributed by atoms with van der Waals surface area (Å²) in [5.74, 6) is 2.89. The molecular formula is C18H25N3. The largest absolute Gasteiger partial charge is 0.332 e. The lowest BCUT2D eigenvalue weighted by atomic mass is 9.89. The zero-order valence-corrected chi connectivity index (χ0v) is 12.9. The molecular weight excluding hydrogens is 258 g/mol. The number of fused-ring (bicyclic) bond motifs is 3. The summed E-state index contributed by atoms with van der Waals surface area (Å²) in [5.41, 5.74) is 2.57. The molecule has 2 bridgehead atoms. The van der Waals surface area contributed by atoms with Crippen LogP contribution in [0.3, 0.4) is 0 Å². The van der Waals surface area contributed by atoms with Crippen molar-refractivity contribution in [3.05, 3.63) is 30.1 Å². The first-order chi connectivity index (χ1) is 10.3. The molecule has 2 aliphatic rings. The fourth-order valence-electron chi connectivity index (χ4n) is 4.59. The molecule has 21 heavy (non-hydrogen) atoms. The number of hydrogen-bond donors (Lipinski definition) is 1. The molecule has 2 aromatic rings. The first-order valence-corrected chi connectivity index (χ1v) is 8.48. The van der Waals surface area contributed by atoms with Gasteiger partial charge in [0.25, 0.3) is 0 Å². The topological polar surface area (TPSA) is 29.9 Å². The van der Waals surface area contributed by atoms with Crippen LogP contribution >= 0.6 is 0 Å². The Kier molecular flexibility index (Phi) is 3.46. The molecule has 0 radical (unpaired) electrons. The predicted octanol–water partition coefficient (Wildman–Crippen LogP) is 3.58. The van der Waals surface area contributed by atoms with Crippen molar-refractivity contribution < 1.29 is 0 Å². The Bertz CT molecular complexity index is 630. The van der Waals surface area contributed by atoms with Crippen LogP contribution in [0.5, 0.6) is 0 Å². The standard InChI is InChI=1S/C18H25N3/c1-2-19-10-16-12-21(18-17(16)4-3-7-20-18)11-15-9-13-5-6-14(15)8-13/h3-4,7,12-15,19H,2,5-6,8-11H2,1H3. The van der Waals surface area contributed by atoms with Gasteiger partial charge in [-0.05, 0) is 61.3 Å². The highest BCUT2D eigenvalue weighted by Crippen LogP contribution is 2.49. The predicted molar refractivity (Wildman–Crippen MR) is 86.1 cm³/mol. The number of hydrogen-bond acceptors (Lipinski definition) is 2. The molecule has 0 amide bonds. The van der Waals surface area contributed by atoms with Gasteiger partial charge in [0, 0.05) is 30.9 Å². The molecule has 0 spiro atoms. The molecule has 2 saturated carbocycles. The smallest absolute Gasteiger partial charge is 0.140 e. The molecule has 3 heteroatoms. The molecule has 3 unspecified atom stereocenters. The second kappa shape index (κ2) is 5.45. The molecule has 2 heterocycles. The van der Waals surface area contributed by atoms with Crippen LogP contribution in [0.4, 0.5) is 0 Å². The van der Waals surface area contributed by atoms with Gasteiger partial charge in [0.2, 0.25) is 0 Å². The summed E-state index contributed by atoms with van der Waals surface area (Å²) in [7, 11) is 0. The third-order valence-corrected chi connectivity index (χ3v) is 5.60. The van der Waals surface area contributed by atoms with E-state index in [0.717, 1.165) is 30.8 Å². The van der Waals surface area contributed by atoms with E-state index in [9.17, 15) is 0 Å². The first-order valence-electron chi connectivity index (χ1n) is 8.48. The summed E-state index contributed by atoms with van der Waals surface area (Å²) >= 11 is 0. The normalized spacial score (nSPS) is 27.8. The van der Waals surface area contributed by atoms with E-state index in [0.29, 0.717) is 0 Å². The van der Waals surface area contributed by atoms with E-state index in [4.69, 9.17) is 0 Å². The summed E-state index contributed by atoms with van der Waals surface area (Å²) in [6.45, 7) is 5.29. The molecule has 0 aromatic carbocycles. The van der Waals surface area contributed by atoms with Crippen molar-refractivity contribution in [3.8, 4) is 0 Å². The van der Waals surface area contributed by atoms with E-state index in [2.05, 4.69) is 40.1 Å². The Morgan fingerprint density at radius 2 is 2.29 bits per heavy atom. The van der Waals surface area contributed by atoms with Crippen LogP contribution in [0.2, 0.25) is 0 Å². The van der Waals surface area contributed by atoms with Crippen LogP contribution in [-0.2, 0) is 13.1 Å². The average molecular weight is 283 g/mol. The Hall–Kier alpha value is -1.35. The Morgan fingerprint density at radius 1 is 1.33 bits per heavy atom. The molecule has 0 aliphatic heterocycles. The Labute approximate surface area is 126 Å². The van der Waals surface area contributed by atoms with Crippen molar-refractivity contribution in [1.82, 2.24) is 14.9 Å². The number of rotatable bonds is 5. The van der Waals surface area contributed by atoms with E-state index >= 15 is 0 Å². The fraction of sp³-hybridized carbons (Fsp3) is 0.611. The molecule has 2 aliphatic carbocycles. The average Bonchev–Trinajstić information content (AvgIpc) is 3.20. The van der Waals surface area contributed by atoms with Gasteiger partial charge >= 0.3 is 0 Å². The highest BCUT2D eigenvalue weighted by Gasteiger charge is 2.39. The van der Waals surface area contributed by atoms with Gasteiger partial charge in [-0.25, -0.2) is 4.98 Å². The van der Waals surface area contributed by atoms with Crippen molar-refractivity contribution in [2.24, 2.45) is 17.8 Å². The SMILES string of the molecule is CCNCc1cn(CC2CC3CCC2C3)c2ncccc12. The number of pyridine rings is 1. The molecule has 3 atom stereocenters. The van der Waals surface area contributed by atoms with Crippen molar-refractivity contribution in [2.45, 2.75) is 45.7 Å². The van der Waals surface area contributed by atoms with Crippen LogP contribution in [0.25, 0.3) is 11.0 Å². The van der Waals surface area contributed by atoms with Gasteiger partial charge < -0.3 is 9.88 Å². The second-order valence-electron chi connectivity index (χ2n) is 6.90. The lowest BCUT2D eigenvalue weighted by Gasteiger charge is -2.22. The highest BCUT2D eigenvalue weighted by atomic mass is 15.0. The number of nitrogens with zero attached hydrogens (tertiary/aromatic N) is 2. The van der Waals surface area contributed by atoms with Crippen molar-refractivity contribution in [1.29, 1.82) is 0 Å². The third kappa shape index (κ3) is 2.38. The van der Waals surface area contributed by atoms with Gasteiger partial charge in [-0.15, -0.1) is 0 Å². The Morgan fingerprint density at radius 3 is 3.05 bits per heavy atom. The van der Waals surface area contributed by atoms with Crippen LogP contribution < -0.4 is 5.32 Å². The van der Waals surface area contributed by atoms with Gasteiger partial charge in [-0.1, -0.05) is 13.3 Å². The van der Waals surface area contributed by atoms with Gasteiger partial charge in [0.15, 0.2) is 0 Å². The number of aromatic nitrogens is 2. The maximum absolute atomic E-state index is 4.65. The molecule has 112 valence electrons. The van der Waals surface area contributed by atoms with E-state index in [1.165, 1.54) is 48.8 Å². The summed E-state index contributed by atoms with van der Waals surface area (Å²) in [6, 6.07) is 4.27. The summed E-state index contributed by atoms with van der Waals surface area (Å²) in [4.78, 5) is 4.65. The molecule has 2 aromatic heterocycles. The summed E-state index contributed by atoms with van der Waals surface area (Å²) in [5, 5.41) is 4.77. The van der Waals surface area contributed by atoms with Gasteiger partial charge in [0.05, 0.1) is 0 Å². The van der Waals surface area contributed by atoms with Crippen LogP contribution in [-0.4, -0.2) is 16.1 Å². The fourth-order valence-corrected chi connectivity index (χ4v) is 4.59. The molecule has 4 rings (SSSR count). The van der Waals surface area contributed by atoms with Gasteiger partial charge in [-0.2, -0.15) is 0 Å². The van der Waals surface area contributed by atoms with Crippen molar-refractivity contribution >= 4 is 11.0 Å². The van der Waals surface area contributed by atoms with Crippen LogP contribution in [0.1, 0.15) is 38.2 Å². The maximum Gasteiger partial charge on any atom is 0.140 e. The Balaban J connectivity index is 1.62. The number of nitrogens with one attached hydrogen (secondary N) is 1. The van der Waals surface area contributed by atoms with Crippen LogP contribution in [0.15, 0.2) is 24.5 Å². The first kappa shape index (κ1) is 13.3. The minimum Gasteiger partial charge on any atom is -0.332 e. The molecule has 3 nitrogen and oxygen atoms in total. The van der Waals surface area contributed by atoms with E-state index in [1.807, 2.05) is 6.20 Å². The van der Waals surface area contributed by atoms with Crippen LogP contribution in [0, 0.1) is 17.8 Å². The minimum absolute atomic E-state index is 0.883. The van der Waals surface area contributed by atoms with Gasteiger partial charge in [-0.3, -0.25) is 0 Å². The lowest BCUT2D eigenvalue weighted by Crippen LogP contribution is -2.17. The quantitative estimate of drug-likeness (QED) is 0.909. The van der Waals surface area contributed by atoms with E-state index < -0.39 is 0 Å². The summed E-state index contributed by atoms with van der Waals surface area (Å²) in [6.07, 6.45) is 10.1. The highest BCUT2D eigenvalue weighted by molar-refractivity contribution is 5.80. The van der Waals surface area contributed by atoms with E-state index in [-0.39, 0.29) is 0 Å². The van der Waals surface area contributed by atoms with E-state index in [1.54, 1.807) is 0 Å². The minimum atomic E-state index is 0.883. The molecule has 0 saturated heterocycles. The molecule has 2 fully saturated rings. The maximum atomic E-state index is 4.65. The van der Waals surface area contributed by atoms with Crippen molar-refractivity contribution in [3.63, 3.8) is 0 Å². The summed E-state index contributed by atoms with van der Waals surface area (Å²) < 4.78 is 2.42.